The van der Waals surface area contributed by atoms with E-state index in [9.17, 15) is 4.79 Å². The number of aromatic nitrogens is 2. The zero-order valence-corrected chi connectivity index (χ0v) is 19.7. The van der Waals surface area contributed by atoms with Gasteiger partial charge in [-0.2, -0.15) is 0 Å². The molecule has 0 saturated carbocycles. The van der Waals surface area contributed by atoms with E-state index in [-0.39, 0.29) is 17.8 Å². The van der Waals surface area contributed by atoms with Crippen LogP contribution in [-0.4, -0.2) is 65.7 Å². The highest BCUT2D eigenvalue weighted by atomic mass is 16.2. The van der Waals surface area contributed by atoms with Crippen LogP contribution in [0.25, 0.3) is 0 Å². The van der Waals surface area contributed by atoms with Gasteiger partial charge in [0.05, 0.1) is 24.1 Å². The molecule has 0 saturated heterocycles. The van der Waals surface area contributed by atoms with E-state index in [4.69, 9.17) is 21.5 Å². The third-order valence-corrected chi connectivity index (χ3v) is 5.78. The Morgan fingerprint density at radius 1 is 1.36 bits per heavy atom. The molecule has 1 amide bonds. The first-order valence-electron chi connectivity index (χ1n) is 11.1. The average Bonchev–Trinajstić information content (AvgIpc) is 3.16. The van der Waals surface area contributed by atoms with Gasteiger partial charge in [-0.3, -0.25) is 20.5 Å². The Morgan fingerprint density at radius 3 is 2.76 bits per heavy atom. The summed E-state index contributed by atoms with van der Waals surface area (Å²) >= 11 is 0. The second-order valence-corrected chi connectivity index (χ2v) is 8.16. The normalized spacial score (nSPS) is 12.8. The molecule has 3 rings (SSSR count). The van der Waals surface area contributed by atoms with Crippen LogP contribution >= 0.6 is 0 Å². The lowest BCUT2D eigenvalue weighted by Gasteiger charge is -2.24. The van der Waals surface area contributed by atoms with E-state index in [1.165, 1.54) is 4.90 Å². The lowest BCUT2D eigenvalue weighted by atomic mass is 10.1. The second-order valence-electron chi connectivity index (χ2n) is 8.16. The van der Waals surface area contributed by atoms with E-state index in [2.05, 4.69) is 24.1 Å². The summed E-state index contributed by atoms with van der Waals surface area (Å²) in [7, 11) is 1.97. The van der Waals surface area contributed by atoms with Gasteiger partial charge in [-0.1, -0.05) is 6.07 Å². The van der Waals surface area contributed by atoms with Crippen LogP contribution in [0.2, 0.25) is 0 Å². The molecule has 10 nitrogen and oxygen atoms in total. The van der Waals surface area contributed by atoms with Crippen molar-refractivity contribution in [2.24, 2.45) is 5.73 Å². The summed E-state index contributed by atoms with van der Waals surface area (Å²) in [5, 5.41) is 19.1. The minimum atomic E-state index is -0.138. The van der Waals surface area contributed by atoms with Gasteiger partial charge in [0.1, 0.15) is 17.3 Å². The first-order valence-corrected chi connectivity index (χ1v) is 11.1. The fraction of sp³-hybridized carbons (Fsp3) is 0.435. The Labute approximate surface area is 194 Å². The van der Waals surface area contributed by atoms with Crippen molar-refractivity contribution in [3.05, 3.63) is 46.8 Å². The van der Waals surface area contributed by atoms with Crippen molar-refractivity contribution in [2.75, 3.05) is 36.5 Å². The number of nitrogens with two attached hydrogens (primary N) is 1. The molecular weight excluding hydrogens is 418 g/mol. The molecule has 0 bridgehead atoms. The number of amidine groups is 1. The number of fused-ring (bicyclic) bond motifs is 1. The average molecular weight is 452 g/mol. The topological polar surface area (TPSA) is 138 Å². The van der Waals surface area contributed by atoms with Gasteiger partial charge in [-0.05, 0) is 39.0 Å². The number of nitrogens with zero attached hydrogens (tertiary/aromatic N) is 5. The van der Waals surface area contributed by atoms with Crippen molar-refractivity contribution < 1.29 is 4.79 Å². The minimum absolute atomic E-state index is 0.118. The Bertz CT molecular complexity index is 1040. The third-order valence-electron chi connectivity index (χ3n) is 5.78. The fourth-order valence-electron chi connectivity index (χ4n) is 3.60. The van der Waals surface area contributed by atoms with Gasteiger partial charge in [0, 0.05) is 44.8 Å². The maximum Gasteiger partial charge on any atom is 0.260 e. The van der Waals surface area contributed by atoms with Gasteiger partial charge in [0.25, 0.3) is 5.91 Å². The molecule has 1 aliphatic heterocycles. The highest BCUT2D eigenvalue weighted by Crippen LogP contribution is 2.32. The van der Waals surface area contributed by atoms with Gasteiger partial charge in [0.2, 0.25) is 0 Å². The Balaban J connectivity index is 1.98. The van der Waals surface area contributed by atoms with Crippen LogP contribution in [0.4, 0.5) is 11.6 Å². The quantitative estimate of drug-likeness (QED) is 0.245. The summed E-state index contributed by atoms with van der Waals surface area (Å²) in [5.41, 5.74) is 8.35. The van der Waals surface area contributed by atoms with E-state index in [0.29, 0.717) is 49.8 Å². The van der Waals surface area contributed by atoms with E-state index < -0.39 is 0 Å². The molecule has 0 spiro atoms. The van der Waals surface area contributed by atoms with Crippen LogP contribution in [0.15, 0.2) is 24.3 Å². The fourth-order valence-corrected chi connectivity index (χ4v) is 3.60. The van der Waals surface area contributed by atoms with Crippen molar-refractivity contribution in [3.63, 3.8) is 0 Å². The molecule has 0 unspecified atom stereocenters. The molecule has 176 valence electrons. The molecule has 0 aromatic carbocycles. The smallest absolute Gasteiger partial charge is 0.260 e. The number of carbonyl (C=O) groups excluding carboxylic acids is 1. The van der Waals surface area contributed by atoms with Crippen molar-refractivity contribution in [2.45, 2.75) is 39.9 Å². The standard InChI is InChI=1S/C23H33N9O/c1-5-31(14-25)22(26)18-7-6-8-20(28-18)32-13-17-16(23(32)33)11-21(30(4)15(2)3)29-19(17)12-27-10-9-24/h6-8,11,14-15,25-27H,5,9-10,12-13,24H2,1-4H3. The predicted molar refractivity (Wildman–Crippen MR) is 131 cm³/mol. The van der Waals surface area contributed by atoms with E-state index in [1.54, 1.807) is 23.1 Å². The van der Waals surface area contributed by atoms with Gasteiger partial charge >= 0.3 is 0 Å². The van der Waals surface area contributed by atoms with Gasteiger partial charge in [-0.15, -0.1) is 0 Å². The van der Waals surface area contributed by atoms with Gasteiger partial charge in [0.15, 0.2) is 5.84 Å². The number of carbonyl (C=O) groups is 1. The summed E-state index contributed by atoms with van der Waals surface area (Å²) in [5.74, 6) is 1.20. The molecule has 0 atom stereocenters. The van der Waals surface area contributed by atoms with Gasteiger partial charge < -0.3 is 20.9 Å². The lowest BCUT2D eigenvalue weighted by molar-refractivity contribution is 0.0996. The predicted octanol–water partition coefficient (Wildman–Crippen LogP) is 1.78. The maximum absolute atomic E-state index is 13.5. The Morgan fingerprint density at radius 2 is 2.12 bits per heavy atom. The van der Waals surface area contributed by atoms with Crippen molar-refractivity contribution >= 4 is 29.7 Å². The Hall–Kier alpha value is -3.37. The van der Waals surface area contributed by atoms with Crippen LogP contribution in [0, 0.1) is 10.8 Å². The van der Waals surface area contributed by atoms with Crippen molar-refractivity contribution in [1.82, 2.24) is 20.2 Å². The summed E-state index contributed by atoms with van der Waals surface area (Å²) in [6.07, 6.45) is 1.10. The third kappa shape index (κ3) is 5.01. The van der Waals surface area contributed by atoms with E-state index in [0.717, 1.165) is 23.4 Å². The molecule has 0 aliphatic carbocycles. The molecule has 2 aromatic heterocycles. The molecule has 0 fully saturated rings. The highest BCUT2D eigenvalue weighted by molar-refractivity contribution is 6.10. The van der Waals surface area contributed by atoms with Crippen molar-refractivity contribution in [1.29, 1.82) is 10.8 Å². The first kappa shape index (κ1) is 24.3. The maximum atomic E-state index is 13.5. The number of hydrogen-bond acceptors (Lipinski definition) is 8. The lowest BCUT2D eigenvalue weighted by Crippen LogP contribution is -2.31. The number of rotatable bonds is 10. The molecule has 10 heteroatoms. The summed E-state index contributed by atoms with van der Waals surface area (Å²) in [6, 6.07) is 7.34. The molecule has 0 radical (unpaired) electrons. The molecule has 5 N–H and O–H groups in total. The second kappa shape index (κ2) is 10.5. The molecular formula is C23H33N9O. The van der Waals surface area contributed by atoms with Crippen molar-refractivity contribution in [3.8, 4) is 0 Å². The molecule has 2 aromatic rings. The van der Waals surface area contributed by atoms with Crippen LogP contribution in [-0.2, 0) is 13.1 Å². The summed E-state index contributed by atoms with van der Waals surface area (Å²) in [4.78, 5) is 28.0. The van der Waals surface area contributed by atoms with Crippen LogP contribution in [0.3, 0.4) is 0 Å². The largest absolute Gasteiger partial charge is 0.357 e. The van der Waals surface area contributed by atoms with E-state index in [1.807, 2.05) is 24.9 Å². The molecule has 3 heterocycles. The number of hydrogen-bond donors (Lipinski definition) is 4. The molecule has 33 heavy (non-hydrogen) atoms. The number of anilines is 2. The zero-order valence-electron chi connectivity index (χ0n) is 19.7. The molecule has 1 aliphatic rings. The number of amides is 1. The highest BCUT2D eigenvalue weighted by Gasteiger charge is 2.33. The minimum Gasteiger partial charge on any atom is -0.357 e. The number of pyridine rings is 2. The number of nitrogens with one attached hydrogen (secondary N) is 3. The monoisotopic (exact) mass is 451 g/mol. The van der Waals surface area contributed by atoms with Crippen LogP contribution in [0.5, 0.6) is 0 Å². The zero-order chi connectivity index (χ0) is 24.1. The summed E-state index contributed by atoms with van der Waals surface area (Å²) < 4.78 is 0. The Kier molecular flexibility index (Phi) is 7.72. The van der Waals surface area contributed by atoms with Crippen LogP contribution < -0.4 is 20.9 Å². The first-order chi connectivity index (χ1) is 15.8. The summed E-state index contributed by atoms with van der Waals surface area (Å²) in [6.45, 7) is 8.56. The van der Waals surface area contributed by atoms with Gasteiger partial charge in [-0.25, -0.2) is 9.97 Å². The SMILES string of the molecule is CCN(C=N)C(=N)c1cccc(N2Cc3c(cc(N(C)C(C)C)nc3CNCCN)C2=O)n1. The van der Waals surface area contributed by atoms with E-state index >= 15 is 0 Å². The van der Waals surface area contributed by atoms with Crippen LogP contribution in [0.1, 0.15) is 48.1 Å².